The van der Waals surface area contributed by atoms with Crippen molar-refractivity contribution in [3.8, 4) is 6.07 Å². The lowest BCUT2D eigenvalue weighted by Gasteiger charge is -1.98. The Labute approximate surface area is 81.6 Å². The first kappa shape index (κ1) is 9.99. The first-order valence-electron chi connectivity index (χ1n) is 4.01. The largest absolute Gasteiger partial charge is 0.357 e. The third-order valence-electron chi connectivity index (χ3n) is 1.43. The predicted molar refractivity (Wildman–Crippen MR) is 51.5 cm³/mol. The average molecular weight is 190 g/mol. The van der Waals surface area contributed by atoms with Crippen molar-refractivity contribution in [2.24, 2.45) is 0 Å². The van der Waals surface area contributed by atoms with Crippen LogP contribution in [0, 0.1) is 11.3 Å². The van der Waals surface area contributed by atoms with Crippen LogP contribution < -0.4 is 5.32 Å². The maximum absolute atomic E-state index is 11.2. The summed E-state index contributed by atoms with van der Waals surface area (Å²) >= 11 is 0. The molecule has 1 aromatic heterocycles. The molecule has 72 valence electrons. The van der Waals surface area contributed by atoms with Gasteiger partial charge in [-0.15, -0.1) is 0 Å². The first-order chi connectivity index (χ1) is 6.63. The van der Waals surface area contributed by atoms with Gasteiger partial charge in [-0.3, -0.25) is 4.79 Å². The predicted octanol–water partition coefficient (Wildman–Crippen LogP) is 1.38. The highest BCUT2D eigenvalue weighted by Crippen LogP contribution is 2.07. The number of allylic oxidation sites excluding steroid dienone is 1. The maximum atomic E-state index is 11.2. The van der Waals surface area contributed by atoms with Crippen molar-refractivity contribution >= 4 is 11.6 Å². The zero-order valence-electron chi connectivity index (χ0n) is 7.82. The van der Waals surface area contributed by atoms with Crippen molar-refractivity contribution < 1.29 is 4.79 Å². The topological polar surface area (TPSA) is 70.7 Å². The Morgan fingerprint density at radius 1 is 1.86 bits per heavy atom. The molecule has 0 unspecified atom stereocenters. The highest BCUT2D eigenvalue weighted by atomic mass is 16.2. The molecule has 1 N–H and O–H groups in total. The number of carbonyl (C=O) groups excluding carboxylic acids is 1. The molecule has 5 heteroatoms. The molecule has 0 aromatic carbocycles. The number of aromatic nitrogens is 2. The molecule has 0 saturated heterocycles. The van der Waals surface area contributed by atoms with Crippen LogP contribution in [-0.4, -0.2) is 15.7 Å². The third kappa shape index (κ3) is 2.45. The molecule has 5 nitrogen and oxygen atoms in total. The molecule has 0 radical (unpaired) electrons. The summed E-state index contributed by atoms with van der Waals surface area (Å²) in [6.45, 7) is 5.46. The molecule has 0 aliphatic heterocycles. The van der Waals surface area contributed by atoms with E-state index in [9.17, 15) is 4.79 Å². The van der Waals surface area contributed by atoms with Crippen LogP contribution in [0.3, 0.4) is 0 Å². The highest BCUT2D eigenvalue weighted by Gasteiger charge is 2.05. The van der Waals surface area contributed by atoms with Crippen LogP contribution in [0.2, 0.25) is 0 Å². The number of nitrogens with zero attached hydrogens (tertiary/aromatic N) is 3. The van der Waals surface area contributed by atoms with Crippen molar-refractivity contribution in [3.05, 3.63) is 24.7 Å². The van der Waals surface area contributed by atoms with Crippen LogP contribution in [0.4, 0.5) is 5.69 Å². The quantitative estimate of drug-likeness (QED) is 0.781. The molecule has 1 rings (SSSR count). The first-order valence-corrected chi connectivity index (χ1v) is 4.01. The molecule has 0 amide bonds. The normalized spacial score (nSPS) is 9.14. The molecule has 0 aliphatic rings. The van der Waals surface area contributed by atoms with Crippen LogP contribution in [-0.2, 0) is 0 Å². The number of nitrogens with one attached hydrogen (secondary N) is 1. The number of anilines is 1. The summed E-state index contributed by atoms with van der Waals surface area (Å²) < 4.78 is 1.13. The van der Waals surface area contributed by atoms with Gasteiger partial charge < -0.3 is 5.32 Å². The lowest BCUT2D eigenvalue weighted by molar-refractivity contribution is 0.0904. The Hall–Kier alpha value is -2.09. The summed E-state index contributed by atoms with van der Waals surface area (Å²) in [7, 11) is 0. The number of carbonyl (C=O) groups is 1. The lowest BCUT2D eigenvalue weighted by atomic mass is 10.4. The molecule has 1 aromatic rings. The van der Waals surface area contributed by atoms with Gasteiger partial charge in [0, 0.05) is 5.70 Å². The van der Waals surface area contributed by atoms with Gasteiger partial charge in [0.1, 0.15) is 6.42 Å². The van der Waals surface area contributed by atoms with E-state index >= 15 is 0 Å². The van der Waals surface area contributed by atoms with Crippen molar-refractivity contribution in [1.29, 1.82) is 5.26 Å². The van der Waals surface area contributed by atoms with Gasteiger partial charge in [0.25, 0.3) is 5.91 Å². The molecule has 0 atom stereocenters. The standard InChI is InChI=1S/C9H10N4O/c1-7(2)12-8-5-11-13(6-8)9(14)3-4-10/h5-6,12H,1,3H2,2H3. The fourth-order valence-corrected chi connectivity index (χ4v) is 0.919. The van der Waals surface area contributed by atoms with Crippen LogP contribution in [0.25, 0.3) is 0 Å². The van der Waals surface area contributed by atoms with Crippen LogP contribution >= 0.6 is 0 Å². The molecule has 14 heavy (non-hydrogen) atoms. The van der Waals surface area contributed by atoms with Crippen LogP contribution in [0.1, 0.15) is 18.1 Å². The molecule has 0 bridgehead atoms. The number of rotatable bonds is 3. The minimum absolute atomic E-state index is 0.172. The summed E-state index contributed by atoms with van der Waals surface area (Å²) in [4.78, 5) is 11.2. The highest BCUT2D eigenvalue weighted by molar-refractivity contribution is 5.80. The van der Waals surface area contributed by atoms with E-state index < -0.39 is 0 Å². The van der Waals surface area contributed by atoms with Gasteiger partial charge in [0.05, 0.1) is 24.2 Å². The second kappa shape index (κ2) is 4.23. The summed E-state index contributed by atoms with van der Waals surface area (Å²) in [5.74, 6) is -0.345. The molecule has 0 fully saturated rings. The van der Waals surface area contributed by atoms with E-state index in [1.807, 2.05) is 0 Å². The van der Waals surface area contributed by atoms with E-state index in [1.165, 1.54) is 12.4 Å². The fourth-order valence-electron chi connectivity index (χ4n) is 0.919. The van der Waals surface area contributed by atoms with Gasteiger partial charge >= 0.3 is 0 Å². The van der Waals surface area contributed by atoms with Crippen molar-refractivity contribution in [2.75, 3.05) is 5.32 Å². The zero-order valence-corrected chi connectivity index (χ0v) is 7.82. The Kier molecular flexibility index (Phi) is 3.02. The smallest absolute Gasteiger partial charge is 0.261 e. The van der Waals surface area contributed by atoms with E-state index in [0.717, 1.165) is 10.4 Å². The van der Waals surface area contributed by atoms with E-state index in [0.29, 0.717) is 5.69 Å². The Balaban J connectivity index is 2.73. The third-order valence-corrected chi connectivity index (χ3v) is 1.43. The summed E-state index contributed by atoms with van der Waals surface area (Å²) in [6, 6.07) is 1.77. The van der Waals surface area contributed by atoms with Gasteiger partial charge in [-0.25, -0.2) is 4.68 Å². The molecule has 0 spiro atoms. The molecule has 1 heterocycles. The van der Waals surface area contributed by atoms with Crippen molar-refractivity contribution in [2.45, 2.75) is 13.3 Å². The van der Waals surface area contributed by atoms with Gasteiger partial charge in [-0.05, 0) is 6.92 Å². The van der Waals surface area contributed by atoms with Crippen molar-refractivity contribution in [1.82, 2.24) is 9.78 Å². The summed E-state index contributed by atoms with van der Waals surface area (Å²) in [5, 5.41) is 15.0. The second-order valence-electron chi connectivity index (χ2n) is 2.81. The van der Waals surface area contributed by atoms with Gasteiger partial charge in [-0.2, -0.15) is 10.4 Å². The van der Waals surface area contributed by atoms with Crippen LogP contribution in [0.15, 0.2) is 24.7 Å². The van der Waals surface area contributed by atoms with Crippen molar-refractivity contribution in [3.63, 3.8) is 0 Å². The average Bonchev–Trinajstić information content (AvgIpc) is 2.52. The van der Waals surface area contributed by atoms with Gasteiger partial charge in [0.15, 0.2) is 0 Å². The minimum Gasteiger partial charge on any atom is -0.357 e. The Morgan fingerprint density at radius 2 is 2.57 bits per heavy atom. The van der Waals surface area contributed by atoms with Gasteiger partial charge in [0.2, 0.25) is 0 Å². The SMILES string of the molecule is C=C(C)Nc1cnn(C(=O)CC#N)c1. The summed E-state index contributed by atoms with van der Waals surface area (Å²) in [6.07, 6.45) is 2.85. The molecular formula is C9H10N4O. The maximum Gasteiger partial charge on any atom is 0.261 e. The fraction of sp³-hybridized carbons (Fsp3) is 0.222. The monoisotopic (exact) mass is 190 g/mol. The number of hydrogen-bond donors (Lipinski definition) is 1. The Bertz CT molecular complexity index is 399. The van der Waals surface area contributed by atoms with Crippen LogP contribution in [0.5, 0.6) is 0 Å². The van der Waals surface area contributed by atoms with E-state index in [1.54, 1.807) is 13.0 Å². The zero-order chi connectivity index (χ0) is 10.6. The van der Waals surface area contributed by atoms with E-state index in [4.69, 9.17) is 5.26 Å². The molecule has 0 saturated carbocycles. The number of hydrogen-bond acceptors (Lipinski definition) is 4. The van der Waals surface area contributed by atoms with E-state index in [2.05, 4.69) is 17.0 Å². The van der Waals surface area contributed by atoms with E-state index in [-0.39, 0.29) is 12.3 Å². The summed E-state index contributed by atoms with van der Waals surface area (Å²) in [5.41, 5.74) is 1.45. The molecular weight excluding hydrogens is 180 g/mol. The van der Waals surface area contributed by atoms with Gasteiger partial charge in [-0.1, -0.05) is 6.58 Å². The lowest BCUT2D eigenvalue weighted by Crippen LogP contribution is -2.09. The Morgan fingerprint density at radius 3 is 3.14 bits per heavy atom. The molecule has 0 aliphatic carbocycles. The number of nitriles is 1. The second-order valence-corrected chi connectivity index (χ2v) is 2.81. The minimum atomic E-state index is -0.345.